The third-order valence-corrected chi connectivity index (χ3v) is 5.34. The Labute approximate surface area is 202 Å². The van der Waals surface area contributed by atoms with Gasteiger partial charge in [0, 0.05) is 32.4 Å². The standard InChI is InChI=1S/C23H25N9O3/c1-14-9-16(11-24)27-13-18(14)35-20-10-17(21(31-25)22(26-2)30-20)29-19-4-3-15(12-28-19)23(33)32-5-7-34-8-6-32/h3-4,9-10,12-13,31H,5-8,25H2,1-2H3,(H2,26,28,29,30). The zero-order chi connectivity index (χ0) is 24.8. The molecule has 3 aromatic rings. The number of morpholine rings is 1. The van der Waals surface area contributed by atoms with Crippen LogP contribution in [0.25, 0.3) is 0 Å². The van der Waals surface area contributed by atoms with Crippen LogP contribution >= 0.6 is 0 Å². The zero-order valence-electron chi connectivity index (χ0n) is 19.3. The number of hydrogen-bond donors (Lipinski definition) is 4. The molecule has 35 heavy (non-hydrogen) atoms. The Morgan fingerprint density at radius 3 is 2.66 bits per heavy atom. The van der Waals surface area contributed by atoms with E-state index in [1.165, 1.54) is 12.4 Å². The van der Waals surface area contributed by atoms with Gasteiger partial charge in [0.2, 0.25) is 5.88 Å². The molecule has 1 aliphatic heterocycles. The summed E-state index contributed by atoms with van der Waals surface area (Å²) >= 11 is 0. The summed E-state index contributed by atoms with van der Waals surface area (Å²) < 4.78 is 11.2. The van der Waals surface area contributed by atoms with Crippen LogP contribution in [0.2, 0.25) is 0 Å². The van der Waals surface area contributed by atoms with Gasteiger partial charge in [0.1, 0.15) is 23.3 Å². The minimum absolute atomic E-state index is 0.0832. The molecule has 0 bridgehead atoms. The number of ether oxygens (including phenoxy) is 2. The number of amides is 1. The van der Waals surface area contributed by atoms with Crippen LogP contribution in [0.4, 0.5) is 23.0 Å². The van der Waals surface area contributed by atoms with Crippen molar-refractivity contribution in [3.63, 3.8) is 0 Å². The van der Waals surface area contributed by atoms with E-state index in [9.17, 15) is 4.79 Å². The van der Waals surface area contributed by atoms with Gasteiger partial charge >= 0.3 is 0 Å². The van der Waals surface area contributed by atoms with Crippen molar-refractivity contribution >= 4 is 28.9 Å². The SMILES string of the molecule is CNc1nc(Oc2cnc(C#N)cc2C)cc(Nc2ccc(C(=O)N3CCOCC3)cn2)c1NN. The molecule has 1 aliphatic rings. The van der Waals surface area contributed by atoms with Crippen molar-refractivity contribution < 1.29 is 14.3 Å². The number of nitrogen functional groups attached to an aromatic ring is 1. The first-order valence-electron chi connectivity index (χ1n) is 10.9. The summed E-state index contributed by atoms with van der Waals surface area (Å²) in [5.74, 6) is 7.33. The Bertz CT molecular complexity index is 1250. The fraction of sp³-hybridized carbons (Fsp3) is 0.261. The molecule has 0 aromatic carbocycles. The lowest BCUT2D eigenvalue weighted by molar-refractivity contribution is 0.0302. The zero-order valence-corrected chi connectivity index (χ0v) is 19.3. The maximum Gasteiger partial charge on any atom is 0.255 e. The molecule has 0 radical (unpaired) electrons. The molecule has 5 N–H and O–H groups in total. The summed E-state index contributed by atoms with van der Waals surface area (Å²) in [5, 5.41) is 15.2. The molecular formula is C23H25N9O3. The average Bonchev–Trinajstić information content (AvgIpc) is 2.90. The smallest absolute Gasteiger partial charge is 0.255 e. The van der Waals surface area contributed by atoms with E-state index in [1.54, 1.807) is 36.2 Å². The van der Waals surface area contributed by atoms with E-state index in [0.717, 1.165) is 5.56 Å². The van der Waals surface area contributed by atoms with Gasteiger partial charge in [-0.05, 0) is 30.7 Å². The second-order valence-corrected chi connectivity index (χ2v) is 7.64. The molecule has 4 heterocycles. The van der Waals surface area contributed by atoms with Gasteiger partial charge in [0.05, 0.1) is 30.7 Å². The number of aryl methyl sites for hydroxylation is 1. The van der Waals surface area contributed by atoms with Crippen LogP contribution in [0, 0.1) is 18.3 Å². The summed E-state index contributed by atoms with van der Waals surface area (Å²) in [6.07, 6.45) is 3.00. The molecule has 12 heteroatoms. The second kappa shape index (κ2) is 10.6. The quantitative estimate of drug-likeness (QED) is 0.293. The maximum absolute atomic E-state index is 12.7. The third-order valence-electron chi connectivity index (χ3n) is 5.34. The summed E-state index contributed by atoms with van der Waals surface area (Å²) in [6, 6.07) is 8.71. The van der Waals surface area contributed by atoms with Crippen molar-refractivity contribution in [3.8, 4) is 17.7 Å². The highest BCUT2D eigenvalue weighted by Gasteiger charge is 2.19. The van der Waals surface area contributed by atoms with Crippen molar-refractivity contribution in [2.45, 2.75) is 6.92 Å². The first kappa shape index (κ1) is 23.7. The first-order valence-corrected chi connectivity index (χ1v) is 10.9. The molecule has 180 valence electrons. The van der Waals surface area contributed by atoms with Crippen LogP contribution in [0.1, 0.15) is 21.6 Å². The molecule has 4 rings (SSSR count). The molecule has 0 unspecified atom stereocenters. The van der Waals surface area contributed by atoms with Gasteiger partial charge in [-0.25, -0.2) is 9.97 Å². The monoisotopic (exact) mass is 475 g/mol. The van der Waals surface area contributed by atoms with Gasteiger partial charge < -0.3 is 30.4 Å². The predicted octanol–water partition coefficient (Wildman–Crippen LogP) is 2.39. The Kier molecular flexibility index (Phi) is 7.20. The number of hydrogen-bond acceptors (Lipinski definition) is 11. The molecule has 0 atom stereocenters. The van der Waals surface area contributed by atoms with Crippen molar-refractivity contribution in [1.82, 2.24) is 19.9 Å². The highest BCUT2D eigenvalue weighted by Crippen LogP contribution is 2.35. The van der Waals surface area contributed by atoms with E-state index in [-0.39, 0.29) is 11.8 Å². The lowest BCUT2D eigenvalue weighted by Gasteiger charge is -2.26. The fourth-order valence-corrected chi connectivity index (χ4v) is 3.50. The summed E-state index contributed by atoms with van der Waals surface area (Å²) in [5.41, 5.74) is 5.19. The molecular weight excluding hydrogens is 450 g/mol. The van der Waals surface area contributed by atoms with Gasteiger partial charge in [-0.2, -0.15) is 10.2 Å². The highest BCUT2D eigenvalue weighted by atomic mass is 16.5. The van der Waals surface area contributed by atoms with E-state index in [4.69, 9.17) is 20.6 Å². The number of aromatic nitrogens is 3. The number of hydrazine groups is 1. The maximum atomic E-state index is 12.7. The van der Waals surface area contributed by atoms with Crippen molar-refractivity contribution in [3.05, 3.63) is 53.5 Å². The molecule has 0 saturated carbocycles. The minimum Gasteiger partial charge on any atom is -0.437 e. The van der Waals surface area contributed by atoms with Crippen LogP contribution in [-0.4, -0.2) is 59.1 Å². The van der Waals surface area contributed by atoms with E-state index in [2.05, 4.69) is 31.0 Å². The Hall–Kier alpha value is -4.47. The number of rotatable bonds is 7. The normalized spacial score (nSPS) is 13.0. The fourth-order valence-electron chi connectivity index (χ4n) is 3.50. The third kappa shape index (κ3) is 5.37. The summed E-state index contributed by atoms with van der Waals surface area (Å²) in [4.78, 5) is 27.3. The van der Waals surface area contributed by atoms with Gasteiger partial charge in [-0.3, -0.25) is 10.6 Å². The lowest BCUT2D eigenvalue weighted by Crippen LogP contribution is -2.40. The number of pyridine rings is 3. The number of nitrogens with two attached hydrogens (primary N) is 1. The van der Waals surface area contributed by atoms with Crippen molar-refractivity contribution in [2.75, 3.05) is 49.4 Å². The first-order chi connectivity index (χ1) is 17.0. The average molecular weight is 476 g/mol. The molecule has 1 saturated heterocycles. The number of nitrogens with one attached hydrogen (secondary N) is 3. The number of nitrogens with zero attached hydrogens (tertiary/aromatic N) is 5. The molecule has 3 aromatic heterocycles. The number of anilines is 4. The van der Waals surface area contributed by atoms with Crippen LogP contribution in [0.15, 0.2) is 36.7 Å². The van der Waals surface area contributed by atoms with Crippen LogP contribution in [0.5, 0.6) is 11.6 Å². The van der Waals surface area contributed by atoms with Crippen molar-refractivity contribution in [2.24, 2.45) is 5.84 Å². The number of carbonyl (C=O) groups excluding carboxylic acids is 1. The second-order valence-electron chi connectivity index (χ2n) is 7.64. The van der Waals surface area contributed by atoms with Gasteiger partial charge in [0.15, 0.2) is 11.6 Å². The number of nitriles is 1. The van der Waals surface area contributed by atoms with Gasteiger partial charge in [0.25, 0.3) is 5.91 Å². The lowest BCUT2D eigenvalue weighted by atomic mass is 10.2. The minimum atomic E-state index is -0.0832. The summed E-state index contributed by atoms with van der Waals surface area (Å²) in [7, 11) is 1.70. The topological polar surface area (TPSA) is 163 Å². The van der Waals surface area contributed by atoms with E-state index in [1.807, 2.05) is 13.0 Å². The molecule has 12 nitrogen and oxygen atoms in total. The van der Waals surface area contributed by atoms with E-state index < -0.39 is 0 Å². The predicted molar refractivity (Wildman–Crippen MR) is 130 cm³/mol. The van der Waals surface area contributed by atoms with Gasteiger partial charge in [-0.15, -0.1) is 0 Å². The molecule has 0 spiro atoms. The molecule has 1 fully saturated rings. The van der Waals surface area contributed by atoms with Crippen LogP contribution < -0.4 is 26.6 Å². The van der Waals surface area contributed by atoms with Crippen LogP contribution in [0.3, 0.4) is 0 Å². The van der Waals surface area contributed by atoms with E-state index in [0.29, 0.717) is 66.3 Å². The Morgan fingerprint density at radius 1 is 1.23 bits per heavy atom. The highest BCUT2D eigenvalue weighted by molar-refractivity contribution is 5.94. The van der Waals surface area contributed by atoms with Gasteiger partial charge in [-0.1, -0.05) is 0 Å². The Balaban J connectivity index is 1.57. The molecule has 1 amide bonds. The molecule has 0 aliphatic carbocycles. The number of carbonyl (C=O) groups is 1. The van der Waals surface area contributed by atoms with E-state index >= 15 is 0 Å². The summed E-state index contributed by atoms with van der Waals surface area (Å²) in [6.45, 7) is 4.00. The van der Waals surface area contributed by atoms with Crippen molar-refractivity contribution in [1.29, 1.82) is 5.26 Å². The van der Waals surface area contributed by atoms with Crippen LogP contribution in [-0.2, 0) is 4.74 Å². The Morgan fingerprint density at radius 2 is 2.03 bits per heavy atom. The largest absolute Gasteiger partial charge is 0.437 e.